The Hall–Kier alpha value is -0.820. The van der Waals surface area contributed by atoms with Gasteiger partial charge in [-0.05, 0) is 12.8 Å². The number of likely N-dealkylation sites (tertiary alicyclic amines) is 1. The second-order valence-electron chi connectivity index (χ2n) is 4.81. The maximum absolute atomic E-state index is 12.3. The van der Waals surface area contributed by atoms with Crippen LogP contribution in [0.25, 0.3) is 0 Å². The van der Waals surface area contributed by atoms with Crippen LogP contribution in [-0.2, 0) is 4.79 Å². The molecule has 0 aromatic carbocycles. The number of nitrogens with one attached hydrogen (secondary N) is 1. The van der Waals surface area contributed by atoms with Gasteiger partial charge in [-0.2, -0.15) is 13.2 Å². The highest BCUT2D eigenvalue weighted by Gasteiger charge is 2.43. The van der Waals surface area contributed by atoms with Crippen LogP contribution in [0.4, 0.5) is 13.2 Å². The van der Waals surface area contributed by atoms with Crippen molar-refractivity contribution in [3.63, 3.8) is 0 Å². The zero-order chi connectivity index (χ0) is 13.2. The normalized spacial score (nSPS) is 24.3. The molecular formula is C11H18F3N3O. The molecule has 0 atom stereocenters. The average molecular weight is 265 g/mol. The maximum atomic E-state index is 12.3. The minimum absolute atomic E-state index is 0.215. The molecule has 2 aliphatic heterocycles. The predicted molar refractivity (Wildman–Crippen MR) is 60.1 cm³/mol. The van der Waals surface area contributed by atoms with Crippen molar-refractivity contribution in [2.75, 3.05) is 39.3 Å². The van der Waals surface area contributed by atoms with Gasteiger partial charge in [0.2, 0.25) is 0 Å². The Morgan fingerprint density at radius 3 is 2.11 bits per heavy atom. The molecule has 2 fully saturated rings. The third-order valence-corrected chi connectivity index (χ3v) is 3.66. The lowest BCUT2D eigenvalue weighted by Gasteiger charge is -2.40. The Morgan fingerprint density at radius 2 is 1.61 bits per heavy atom. The Labute approximate surface area is 104 Å². The molecule has 0 bridgehead atoms. The summed E-state index contributed by atoms with van der Waals surface area (Å²) in [5, 5.41) is 3.25. The van der Waals surface area contributed by atoms with E-state index in [0.29, 0.717) is 18.9 Å². The molecule has 2 aliphatic rings. The van der Waals surface area contributed by atoms with E-state index in [1.807, 2.05) is 0 Å². The van der Waals surface area contributed by atoms with Crippen molar-refractivity contribution in [1.82, 2.24) is 15.1 Å². The van der Waals surface area contributed by atoms with Crippen molar-refractivity contribution in [2.24, 2.45) is 0 Å². The Morgan fingerprint density at radius 1 is 1.06 bits per heavy atom. The van der Waals surface area contributed by atoms with Crippen LogP contribution < -0.4 is 5.32 Å². The van der Waals surface area contributed by atoms with Crippen LogP contribution in [0.3, 0.4) is 0 Å². The standard InChI is InChI=1S/C11H18F3N3O/c12-11(13,14)10(18)17-5-1-9(2-6-17)16-7-3-15-4-8-16/h9,15H,1-8H2. The quantitative estimate of drug-likeness (QED) is 0.747. The summed E-state index contributed by atoms with van der Waals surface area (Å²) in [5.74, 6) is -1.69. The molecule has 0 spiro atoms. The molecule has 7 heteroatoms. The summed E-state index contributed by atoms with van der Waals surface area (Å²) < 4.78 is 36.8. The largest absolute Gasteiger partial charge is 0.471 e. The summed E-state index contributed by atoms with van der Waals surface area (Å²) in [6.45, 7) is 4.18. The first-order valence-corrected chi connectivity index (χ1v) is 6.29. The van der Waals surface area contributed by atoms with E-state index in [1.165, 1.54) is 0 Å². The number of halogens is 3. The molecule has 0 aliphatic carbocycles. The highest BCUT2D eigenvalue weighted by molar-refractivity contribution is 5.81. The molecule has 1 N–H and O–H groups in total. The van der Waals surface area contributed by atoms with Crippen LogP contribution in [0.1, 0.15) is 12.8 Å². The number of rotatable bonds is 1. The zero-order valence-corrected chi connectivity index (χ0v) is 10.2. The molecule has 0 aromatic rings. The van der Waals surface area contributed by atoms with Gasteiger partial charge in [0.15, 0.2) is 0 Å². The second kappa shape index (κ2) is 5.44. The molecular weight excluding hydrogens is 247 g/mol. The topological polar surface area (TPSA) is 35.6 Å². The first kappa shape index (κ1) is 13.6. The molecule has 4 nitrogen and oxygen atoms in total. The van der Waals surface area contributed by atoms with E-state index >= 15 is 0 Å². The van der Waals surface area contributed by atoms with E-state index in [0.717, 1.165) is 31.1 Å². The van der Waals surface area contributed by atoms with Crippen LogP contribution in [0, 0.1) is 0 Å². The van der Waals surface area contributed by atoms with Crippen LogP contribution in [0.2, 0.25) is 0 Å². The molecule has 2 saturated heterocycles. The highest BCUT2D eigenvalue weighted by Crippen LogP contribution is 2.23. The molecule has 104 valence electrons. The van der Waals surface area contributed by atoms with E-state index in [1.54, 1.807) is 0 Å². The number of hydrogen-bond acceptors (Lipinski definition) is 3. The fourth-order valence-electron chi connectivity index (χ4n) is 2.66. The summed E-state index contributed by atoms with van der Waals surface area (Å²) in [5.41, 5.74) is 0. The SMILES string of the molecule is O=C(N1CCC(N2CCNCC2)CC1)C(F)(F)F. The summed E-state index contributed by atoms with van der Waals surface area (Å²) in [7, 11) is 0. The lowest BCUT2D eigenvalue weighted by atomic mass is 10.0. The number of nitrogens with zero attached hydrogens (tertiary/aromatic N) is 2. The Bertz CT molecular complexity index is 294. The number of amides is 1. The fraction of sp³-hybridized carbons (Fsp3) is 0.909. The van der Waals surface area contributed by atoms with Gasteiger partial charge in [-0.1, -0.05) is 0 Å². The second-order valence-corrected chi connectivity index (χ2v) is 4.81. The lowest BCUT2D eigenvalue weighted by Crippen LogP contribution is -2.54. The van der Waals surface area contributed by atoms with Crippen molar-refractivity contribution in [1.29, 1.82) is 0 Å². The summed E-state index contributed by atoms with van der Waals surface area (Å²) in [6.07, 6.45) is -3.45. The van der Waals surface area contributed by atoms with Crippen molar-refractivity contribution in [2.45, 2.75) is 25.1 Å². The van der Waals surface area contributed by atoms with Gasteiger partial charge in [-0.25, -0.2) is 0 Å². The smallest absolute Gasteiger partial charge is 0.335 e. The van der Waals surface area contributed by atoms with Gasteiger partial charge in [0.25, 0.3) is 0 Å². The van der Waals surface area contributed by atoms with Crippen molar-refractivity contribution in [3.8, 4) is 0 Å². The number of piperidine rings is 1. The number of carbonyl (C=O) groups is 1. The van der Waals surface area contributed by atoms with Crippen LogP contribution in [-0.4, -0.2) is 67.2 Å². The molecule has 0 unspecified atom stereocenters. The molecule has 0 saturated carbocycles. The fourth-order valence-corrected chi connectivity index (χ4v) is 2.66. The number of piperazine rings is 1. The predicted octanol–water partition coefficient (Wildman–Crippen LogP) is 0.445. The number of carbonyl (C=O) groups excluding carboxylic acids is 1. The Kier molecular flexibility index (Phi) is 4.11. The minimum atomic E-state index is -4.73. The third-order valence-electron chi connectivity index (χ3n) is 3.66. The van der Waals surface area contributed by atoms with E-state index in [2.05, 4.69) is 10.2 Å². The number of hydrogen-bond donors (Lipinski definition) is 1. The van der Waals surface area contributed by atoms with E-state index in [4.69, 9.17) is 0 Å². The lowest BCUT2D eigenvalue weighted by molar-refractivity contribution is -0.186. The first-order valence-electron chi connectivity index (χ1n) is 6.29. The molecule has 18 heavy (non-hydrogen) atoms. The highest BCUT2D eigenvalue weighted by atomic mass is 19.4. The maximum Gasteiger partial charge on any atom is 0.471 e. The van der Waals surface area contributed by atoms with Crippen LogP contribution >= 0.6 is 0 Å². The summed E-state index contributed by atoms with van der Waals surface area (Å²) >= 11 is 0. The third kappa shape index (κ3) is 3.14. The van der Waals surface area contributed by atoms with Gasteiger partial charge >= 0.3 is 12.1 Å². The first-order chi connectivity index (χ1) is 8.48. The van der Waals surface area contributed by atoms with Gasteiger partial charge in [0.1, 0.15) is 0 Å². The van der Waals surface area contributed by atoms with E-state index < -0.39 is 12.1 Å². The molecule has 2 rings (SSSR count). The molecule has 2 heterocycles. The molecule has 0 radical (unpaired) electrons. The van der Waals surface area contributed by atoms with Gasteiger partial charge in [-0.15, -0.1) is 0 Å². The molecule has 1 amide bonds. The average Bonchev–Trinajstić information content (AvgIpc) is 2.38. The van der Waals surface area contributed by atoms with Crippen molar-refractivity contribution < 1.29 is 18.0 Å². The molecule has 0 aromatic heterocycles. The Balaban J connectivity index is 1.82. The van der Waals surface area contributed by atoms with Crippen molar-refractivity contribution >= 4 is 5.91 Å². The van der Waals surface area contributed by atoms with Crippen molar-refractivity contribution in [3.05, 3.63) is 0 Å². The van der Waals surface area contributed by atoms with Crippen LogP contribution in [0.5, 0.6) is 0 Å². The summed E-state index contributed by atoms with van der Waals surface area (Å²) in [4.78, 5) is 14.3. The van der Waals surface area contributed by atoms with E-state index in [9.17, 15) is 18.0 Å². The van der Waals surface area contributed by atoms with Gasteiger partial charge in [0.05, 0.1) is 0 Å². The zero-order valence-electron chi connectivity index (χ0n) is 10.2. The van der Waals surface area contributed by atoms with Crippen LogP contribution in [0.15, 0.2) is 0 Å². The van der Waals surface area contributed by atoms with E-state index in [-0.39, 0.29) is 13.1 Å². The van der Waals surface area contributed by atoms with Gasteiger partial charge in [-0.3, -0.25) is 9.69 Å². The minimum Gasteiger partial charge on any atom is -0.335 e. The van der Waals surface area contributed by atoms with Gasteiger partial charge in [0, 0.05) is 45.3 Å². The number of alkyl halides is 3. The van der Waals surface area contributed by atoms with Gasteiger partial charge < -0.3 is 10.2 Å². The monoisotopic (exact) mass is 265 g/mol. The summed E-state index contributed by atoms with van der Waals surface area (Å²) in [6, 6.07) is 0.324.